The van der Waals surface area contributed by atoms with Gasteiger partial charge in [0.15, 0.2) is 8.32 Å². The smallest absolute Gasteiger partial charge is 0.410 e. The molecule has 0 aromatic carbocycles. The highest BCUT2D eigenvalue weighted by Crippen LogP contribution is 2.38. The van der Waals surface area contributed by atoms with E-state index in [9.17, 15) is 9.59 Å². The van der Waals surface area contributed by atoms with E-state index in [4.69, 9.17) is 9.16 Å². The topological polar surface area (TPSA) is 55.8 Å². The summed E-state index contributed by atoms with van der Waals surface area (Å²) in [6.07, 6.45) is 1.81. The molecule has 1 saturated heterocycles. The molecule has 1 amide bonds. The third kappa shape index (κ3) is 5.60. The van der Waals surface area contributed by atoms with Crippen LogP contribution in [0.25, 0.3) is 0 Å². The van der Waals surface area contributed by atoms with Gasteiger partial charge in [-0.2, -0.15) is 0 Å². The SMILES string of the molecule is CC(C)(C)OC(=O)N1C[C@H](O[Si](C)(C)C(C)(C)C)CC[C@@H]1C=O. The Hall–Kier alpha value is -0.883. The van der Waals surface area contributed by atoms with Crippen LogP contribution in [0.5, 0.6) is 0 Å². The maximum Gasteiger partial charge on any atom is 0.410 e. The largest absolute Gasteiger partial charge is 0.444 e. The van der Waals surface area contributed by atoms with Gasteiger partial charge in [0, 0.05) is 6.54 Å². The quantitative estimate of drug-likeness (QED) is 0.574. The minimum absolute atomic E-state index is 0.0281. The number of hydrogen-bond acceptors (Lipinski definition) is 4. The van der Waals surface area contributed by atoms with E-state index in [-0.39, 0.29) is 11.1 Å². The fraction of sp³-hybridized carbons (Fsp3) is 0.882. The fourth-order valence-electron chi connectivity index (χ4n) is 2.32. The van der Waals surface area contributed by atoms with Crippen molar-refractivity contribution in [3.63, 3.8) is 0 Å². The standard InChI is InChI=1S/C17H33NO4Si/c1-16(2,3)21-15(20)18-11-14(10-9-13(18)12-19)22-23(7,8)17(4,5)6/h12-14H,9-11H2,1-8H3/t13-,14-/m1/s1. The molecule has 6 heteroatoms. The van der Waals surface area contributed by atoms with Crippen molar-refractivity contribution in [2.45, 2.75) is 90.3 Å². The van der Waals surface area contributed by atoms with Gasteiger partial charge in [-0.1, -0.05) is 20.8 Å². The molecule has 23 heavy (non-hydrogen) atoms. The maximum absolute atomic E-state index is 12.4. The molecule has 1 rings (SSSR count). The summed E-state index contributed by atoms with van der Waals surface area (Å²) in [6, 6.07) is -0.413. The van der Waals surface area contributed by atoms with E-state index in [2.05, 4.69) is 33.9 Å². The molecule has 0 bridgehead atoms. The number of likely N-dealkylation sites (tertiary alicyclic amines) is 1. The van der Waals surface area contributed by atoms with E-state index < -0.39 is 26.1 Å². The zero-order valence-electron chi connectivity index (χ0n) is 15.9. The van der Waals surface area contributed by atoms with Crippen LogP contribution in [0.4, 0.5) is 4.79 Å². The van der Waals surface area contributed by atoms with Crippen molar-refractivity contribution in [3.8, 4) is 0 Å². The summed E-state index contributed by atoms with van der Waals surface area (Å²) in [4.78, 5) is 25.2. The molecule has 134 valence electrons. The minimum atomic E-state index is -1.90. The fourth-order valence-corrected chi connectivity index (χ4v) is 3.70. The Morgan fingerprint density at radius 1 is 1.13 bits per heavy atom. The van der Waals surface area contributed by atoms with Crippen molar-refractivity contribution in [2.75, 3.05) is 6.54 Å². The lowest BCUT2D eigenvalue weighted by Gasteiger charge is -2.43. The molecule has 0 aromatic rings. The zero-order chi connectivity index (χ0) is 18.1. The van der Waals surface area contributed by atoms with Crippen LogP contribution in [0, 0.1) is 0 Å². The highest BCUT2D eigenvalue weighted by molar-refractivity contribution is 6.74. The van der Waals surface area contributed by atoms with E-state index >= 15 is 0 Å². The van der Waals surface area contributed by atoms with Gasteiger partial charge in [-0.15, -0.1) is 0 Å². The molecule has 0 unspecified atom stereocenters. The first-order valence-corrected chi connectivity index (χ1v) is 11.3. The van der Waals surface area contributed by atoms with Crippen LogP contribution in [-0.2, 0) is 14.0 Å². The molecule has 2 atom stereocenters. The Balaban J connectivity index is 2.82. The second-order valence-corrected chi connectivity index (χ2v) is 13.7. The molecule has 1 fully saturated rings. The lowest BCUT2D eigenvalue weighted by Crippen LogP contribution is -2.54. The highest BCUT2D eigenvalue weighted by Gasteiger charge is 2.42. The van der Waals surface area contributed by atoms with Crippen LogP contribution in [-0.4, -0.2) is 49.9 Å². The van der Waals surface area contributed by atoms with Gasteiger partial charge < -0.3 is 14.0 Å². The number of amides is 1. The van der Waals surface area contributed by atoms with Crippen molar-refractivity contribution in [1.82, 2.24) is 4.90 Å². The van der Waals surface area contributed by atoms with Crippen molar-refractivity contribution < 1.29 is 18.8 Å². The van der Waals surface area contributed by atoms with Gasteiger partial charge in [0.1, 0.15) is 11.9 Å². The summed E-state index contributed by atoms with van der Waals surface area (Å²) in [5, 5.41) is 0.116. The first-order valence-electron chi connectivity index (χ1n) is 8.39. The van der Waals surface area contributed by atoms with Crippen molar-refractivity contribution in [3.05, 3.63) is 0 Å². The van der Waals surface area contributed by atoms with Gasteiger partial charge in [0.2, 0.25) is 0 Å². The molecule has 1 heterocycles. The van der Waals surface area contributed by atoms with Crippen LogP contribution in [0.15, 0.2) is 0 Å². The molecule has 1 aliphatic rings. The van der Waals surface area contributed by atoms with E-state index in [1.807, 2.05) is 20.8 Å². The molecular formula is C17H33NO4Si. The molecule has 0 spiro atoms. The second kappa shape index (κ2) is 6.93. The summed E-state index contributed by atoms with van der Waals surface area (Å²) in [5.41, 5.74) is -0.572. The third-order valence-electron chi connectivity index (χ3n) is 4.64. The summed E-state index contributed by atoms with van der Waals surface area (Å²) >= 11 is 0. The highest BCUT2D eigenvalue weighted by atomic mass is 28.4. The number of hydrogen-bond donors (Lipinski definition) is 0. The molecule has 0 radical (unpaired) electrons. The van der Waals surface area contributed by atoms with Gasteiger partial charge in [-0.3, -0.25) is 4.90 Å². The Kier molecular flexibility index (Phi) is 6.07. The van der Waals surface area contributed by atoms with Gasteiger partial charge in [-0.05, 0) is 51.7 Å². The molecule has 0 saturated carbocycles. The Bertz CT molecular complexity index is 437. The summed E-state index contributed by atoms with van der Waals surface area (Å²) < 4.78 is 11.9. The number of piperidine rings is 1. The van der Waals surface area contributed by atoms with Crippen LogP contribution < -0.4 is 0 Å². The zero-order valence-corrected chi connectivity index (χ0v) is 16.9. The number of rotatable bonds is 3. The number of aldehydes is 1. The summed E-state index contributed by atoms with van der Waals surface area (Å²) in [6.45, 7) is 16.9. The predicted octanol–water partition coefficient (Wildman–Crippen LogP) is 3.98. The van der Waals surface area contributed by atoms with Crippen molar-refractivity contribution in [1.29, 1.82) is 0 Å². The van der Waals surface area contributed by atoms with Gasteiger partial charge in [-0.25, -0.2) is 4.79 Å². The molecule has 0 aliphatic carbocycles. The van der Waals surface area contributed by atoms with E-state index in [1.54, 1.807) is 0 Å². The number of ether oxygens (including phenoxy) is 1. The number of carbonyl (C=O) groups excluding carboxylic acids is 2. The van der Waals surface area contributed by atoms with Crippen LogP contribution in [0.3, 0.4) is 0 Å². The molecular weight excluding hydrogens is 310 g/mol. The molecule has 5 nitrogen and oxygen atoms in total. The van der Waals surface area contributed by atoms with Crippen LogP contribution >= 0.6 is 0 Å². The first kappa shape index (κ1) is 20.2. The van der Waals surface area contributed by atoms with E-state index in [0.717, 1.165) is 12.7 Å². The average molecular weight is 344 g/mol. The molecule has 1 aliphatic heterocycles. The normalized spacial score (nSPS) is 23.6. The predicted molar refractivity (Wildman–Crippen MR) is 94.1 cm³/mol. The lowest BCUT2D eigenvalue weighted by atomic mass is 10.0. The first-order chi connectivity index (χ1) is 10.3. The van der Waals surface area contributed by atoms with Crippen LogP contribution in [0.2, 0.25) is 18.1 Å². The number of carbonyl (C=O) groups is 2. The Morgan fingerprint density at radius 3 is 2.13 bits per heavy atom. The Labute approximate surface area is 141 Å². The molecule has 0 aromatic heterocycles. The van der Waals surface area contributed by atoms with E-state index in [0.29, 0.717) is 13.0 Å². The maximum atomic E-state index is 12.4. The van der Waals surface area contributed by atoms with Gasteiger partial charge >= 0.3 is 6.09 Å². The Morgan fingerprint density at radius 2 is 1.70 bits per heavy atom. The number of nitrogens with zero attached hydrogens (tertiary/aromatic N) is 1. The van der Waals surface area contributed by atoms with Gasteiger partial charge in [0.05, 0.1) is 12.1 Å². The van der Waals surface area contributed by atoms with Gasteiger partial charge in [0.25, 0.3) is 0 Å². The van der Waals surface area contributed by atoms with E-state index in [1.165, 1.54) is 4.90 Å². The summed E-state index contributed by atoms with van der Waals surface area (Å²) in [7, 11) is -1.90. The molecule has 0 N–H and O–H groups in total. The lowest BCUT2D eigenvalue weighted by molar-refractivity contribution is -0.114. The average Bonchev–Trinajstić information content (AvgIpc) is 2.34. The minimum Gasteiger partial charge on any atom is -0.444 e. The third-order valence-corrected chi connectivity index (χ3v) is 9.17. The second-order valence-electron chi connectivity index (χ2n) is 8.91. The monoisotopic (exact) mass is 343 g/mol. The van der Waals surface area contributed by atoms with Crippen LogP contribution in [0.1, 0.15) is 54.4 Å². The van der Waals surface area contributed by atoms with Crippen molar-refractivity contribution in [2.24, 2.45) is 0 Å². The van der Waals surface area contributed by atoms with Crippen molar-refractivity contribution >= 4 is 20.7 Å². The summed E-state index contributed by atoms with van der Waals surface area (Å²) in [5.74, 6) is 0.